The molecule has 0 spiro atoms. The van der Waals surface area contributed by atoms with Crippen LogP contribution in [0.5, 0.6) is 0 Å². The topological polar surface area (TPSA) is 49.4 Å². The smallest absolute Gasteiger partial charge is 0.255 e. The summed E-state index contributed by atoms with van der Waals surface area (Å²) in [7, 11) is 0. The number of rotatable bonds is 3. The highest BCUT2D eigenvalue weighted by atomic mass is 35.5. The predicted octanol–water partition coefficient (Wildman–Crippen LogP) is 4.77. The van der Waals surface area contributed by atoms with Gasteiger partial charge in [-0.25, -0.2) is 0 Å². The van der Waals surface area contributed by atoms with Gasteiger partial charge in [0, 0.05) is 34.9 Å². The van der Waals surface area contributed by atoms with E-state index < -0.39 is 0 Å². The van der Waals surface area contributed by atoms with Crippen molar-refractivity contribution in [1.82, 2.24) is 4.90 Å². The second-order valence-corrected chi connectivity index (χ2v) is 7.38. The molecule has 0 saturated carbocycles. The average molecular weight is 371 g/mol. The van der Waals surface area contributed by atoms with Gasteiger partial charge in [0.05, 0.1) is 0 Å². The third kappa shape index (κ3) is 4.25. The Bertz CT molecular complexity index is 827. The number of anilines is 1. The van der Waals surface area contributed by atoms with Crippen LogP contribution in [0.3, 0.4) is 0 Å². The first-order valence-corrected chi connectivity index (χ1v) is 9.28. The molecule has 2 aromatic rings. The summed E-state index contributed by atoms with van der Waals surface area (Å²) < 4.78 is 0. The minimum absolute atomic E-state index is 0.00932. The maximum absolute atomic E-state index is 12.7. The van der Waals surface area contributed by atoms with Gasteiger partial charge in [-0.2, -0.15) is 0 Å². The summed E-state index contributed by atoms with van der Waals surface area (Å²) in [5, 5.41) is 3.43. The van der Waals surface area contributed by atoms with Gasteiger partial charge in [0.15, 0.2) is 0 Å². The highest BCUT2D eigenvalue weighted by molar-refractivity contribution is 6.31. The number of amides is 2. The van der Waals surface area contributed by atoms with Crippen LogP contribution in [0.2, 0.25) is 5.02 Å². The molecule has 2 amide bonds. The number of hydrogen-bond donors (Lipinski definition) is 1. The van der Waals surface area contributed by atoms with Crippen LogP contribution in [-0.4, -0.2) is 29.8 Å². The lowest BCUT2D eigenvalue weighted by Gasteiger charge is -2.30. The summed E-state index contributed by atoms with van der Waals surface area (Å²) in [6, 6.07) is 12.3. The van der Waals surface area contributed by atoms with Gasteiger partial charge in [-0.1, -0.05) is 30.7 Å². The Balaban J connectivity index is 1.72. The molecule has 0 unspecified atom stereocenters. The Labute approximate surface area is 159 Å². The summed E-state index contributed by atoms with van der Waals surface area (Å²) in [6.45, 7) is 5.67. The molecule has 0 radical (unpaired) electrons. The van der Waals surface area contributed by atoms with Crippen LogP contribution in [0.15, 0.2) is 42.5 Å². The highest BCUT2D eigenvalue weighted by Crippen LogP contribution is 2.21. The molecule has 5 heteroatoms. The van der Waals surface area contributed by atoms with Crippen molar-refractivity contribution in [3.05, 3.63) is 64.2 Å². The number of carbonyl (C=O) groups is 2. The number of hydrogen-bond acceptors (Lipinski definition) is 2. The summed E-state index contributed by atoms with van der Waals surface area (Å²) in [5.41, 5.74) is 2.59. The Morgan fingerprint density at radius 3 is 2.46 bits per heavy atom. The molecule has 136 valence electrons. The number of likely N-dealkylation sites (tertiary alicyclic amines) is 1. The number of piperidine rings is 1. The van der Waals surface area contributed by atoms with Crippen molar-refractivity contribution in [3.63, 3.8) is 0 Å². The minimum atomic E-state index is -0.258. The van der Waals surface area contributed by atoms with E-state index in [9.17, 15) is 9.59 Å². The van der Waals surface area contributed by atoms with Crippen molar-refractivity contribution in [1.29, 1.82) is 0 Å². The molecule has 4 nitrogen and oxygen atoms in total. The van der Waals surface area contributed by atoms with Gasteiger partial charge in [-0.05, 0) is 61.6 Å². The van der Waals surface area contributed by atoms with Crippen LogP contribution in [-0.2, 0) is 0 Å². The van der Waals surface area contributed by atoms with Crippen molar-refractivity contribution in [3.8, 4) is 0 Å². The molecule has 1 aliphatic heterocycles. The molecule has 1 heterocycles. The molecule has 1 aliphatic rings. The van der Waals surface area contributed by atoms with Crippen molar-refractivity contribution < 1.29 is 9.59 Å². The molecule has 0 aromatic heterocycles. The van der Waals surface area contributed by atoms with Crippen LogP contribution >= 0.6 is 11.6 Å². The molecule has 0 aliphatic carbocycles. The van der Waals surface area contributed by atoms with Crippen LogP contribution in [0.4, 0.5) is 5.69 Å². The van der Waals surface area contributed by atoms with E-state index in [0.29, 0.717) is 27.8 Å². The number of benzene rings is 2. The zero-order chi connectivity index (χ0) is 18.7. The van der Waals surface area contributed by atoms with Crippen molar-refractivity contribution >= 4 is 29.1 Å². The fourth-order valence-corrected chi connectivity index (χ4v) is 3.24. The van der Waals surface area contributed by atoms with Crippen LogP contribution in [0, 0.1) is 12.8 Å². The van der Waals surface area contributed by atoms with Gasteiger partial charge >= 0.3 is 0 Å². The minimum Gasteiger partial charge on any atom is -0.339 e. The molecule has 1 fully saturated rings. The molecule has 3 rings (SSSR count). The van der Waals surface area contributed by atoms with E-state index in [2.05, 4.69) is 12.2 Å². The van der Waals surface area contributed by atoms with Crippen LogP contribution < -0.4 is 5.32 Å². The first kappa shape index (κ1) is 18.5. The Morgan fingerprint density at radius 1 is 1.08 bits per heavy atom. The molecule has 0 bridgehead atoms. The molecule has 1 N–H and O–H groups in total. The van der Waals surface area contributed by atoms with Gasteiger partial charge in [0.25, 0.3) is 11.8 Å². The fourth-order valence-electron chi connectivity index (χ4n) is 3.06. The Morgan fingerprint density at radius 2 is 1.77 bits per heavy atom. The SMILES string of the molecule is Cc1ccc(NC(=O)c2cccc(C(=O)N3CCC(C)CC3)c2)cc1Cl. The van der Waals surface area contributed by atoms with Crippen molar-refractivity contribution in [2.45, 2.75) is 26.7 Å². The van der Waals surface area contributed by atoms with Gasteiger partial charge in [-0.3, -0.25) is 9.59 Å². The van der Waals surface area contributed by atoms with Gasteiger partial charge in [0.1, 0.15) is 0 Å². The zero-order valence-electron chi connectivity index (χ0n) is 15.1. The first-order chi connectivity index (χ1) is 12.4. The molecule has 0 atom stereocenters. The molecular formula is C21H23ClN2O2. The summed E-state index contributed by atoms with van der Waals surface area (Å²) >= 11 is 6.10. The second kappa shape index (κ2) is 7.92. The second-order valence-electron chi connectivity index (χ2n) is 6.97. The van der Waals surface area contributed by atoms with Gasteiger partial charge < -0.3 is 10.2 Å². The lowest BCUT2D eigenvalue weighted by Crippen LogP contribution is -2.38. The lowest BCUT2D eigenvalue weighted by molar-refractivity contribution is 0.0697. The van der Waals surface area contributed by atoms with Crippen LogP contribution in [0.25, 0.3) is 0 Å². The van der Waals surface area contributed by atoms with E-state index in [1.54, 1.807) is 30.3 Å². The maximum atomic E-state index is 12.7. The van der Waals surface area contributed by atoms with E-state index in [-0.39, 0.29) is 11.8 Å². The number of halogens is 1. The molecular weight excluding hydrogens is 348 g/mol. The third-order valence-corrected chi connectivity index (χ3v) is 5.28. The fraction of sp³-hybridized carbons (Fsp3) is 0.333. The average Bonchev–Trinajstić information content (AvgIpc) is 2.65. The summed E-state index contributed by atoms with van der Waals surface area (Å²) in [6.07, 6.45) is 2.06. The Hall–Kier alpha value is -2.33. The molecule has 2 aromatic carbocycles. The number of nitrogens with one attached hydrogen (secondary N) is 1. The maximum Gasteiger partial charge on any atom is 0.255 e. The molecule has 26 heavy (non-hydrogen) atoms. The van der Waals surface area contributed by atoms with E-state index in [1.807, 2.05) is 24.0 Å². The van der Waals surface area contributed by atoms with E-state index >= 15 is 0 Å². The number of carbonyl (C=O) groups excluding carboxylic acids is 2. The number of nitrogens with zero attached hydrogens (tertiary/aromatic N) is 1. The monoisotopic (exact) mass is 370 g/mol. The van der Waals surface area contributed by atoms with Crippen molar-refractivity contribution in [2.24, 2.45) is 5.92 Å². The van der Waals surface area contributed by atoms with Gasteiger partial charge in [-0.15, -0.1) is 0 Å². The largest absolute Gasteiger partial charge is 0.339 e. The highest BCUT2D eigenvalue weighted by Gasteiger charge is 2.22. The van der Waals surface area contributed by atoms with E-state index in [1.165, 1.54) is 0 Å². The van der Waals surface area contributed by atoms with Crippen LogP contribution in [0.1, 0.15) is 46.0 Å². The number of aryl methyl sites for hydroxylation is 1. The first-order valence-electron chi connectivity index (χ1n) is 8.91. The zero-order valence-corrected chi connectivity index (χ0v) is 15.8. The quantitative estimate of drug-likeness (QED) is 0.845. The third-order valence-electron chi connectivity index (χ3n) is 4.87. The molecule has 1 saturated heterocycles. The predicted molar refractivity (Wildman–Crippen MR) is 105 cm³/mol. The van der Waals surface area contributed by atoms with Crippen molar-refractivity contribution in [2.75, 3.05) is 18.4 Å². The van der Waals surface area contributed by atoms with Gasteiger partial charge in [0.2, 0.25) is 0 Å². The Kier molecular flexibility index (Phi) is 5.62. The lowest BCUT2D eigenvalue weighted by atomic mass is 9.98. The van der Waals surface area contributed by atoms with E-state index in [0.717, 1.165) is 31.5 Å². The standard InChI is InChI=1S/C21H23ClN2O2/c1-14-8-10-24(11-9-14)21(26)17-5-3-4-16(12-17)20(25)23-18-7-6-15(2)19(22)13-18/h3-7,12-14H,8-11H2,1-2H3,(H,23,25). The summed E-state index contributed by atoms with van der Waals surface area (Å²) in [5.74, 6) is 0.397. The summed E-state index contributed by atoms with van der Waals surface area (Å²) in [4.78, 5) is 27.1. The van der Waals surface area contributed by atoms with E-state index in [4.69, 9.17) is 11.6 Å². The normalized spacial score (nSPS) is 15.0.